The number of aryl methyl sites for hydroxylation is 2. The molecule has 3 rings (SSSR count). The van der Waals surface area contributed by atoms with Crippen molar-refractivity contribution in [3.63, 3.8) is 0 Å². The molecule has 6 heteroatoms. The number of aromatic nitrogens is 3. The molecule has 0 saturated carbocycles. The van der Waals surface area contributed by atoms with E-state index in [1.165, 1.54) is 0 Å². The Hall–Kier alpha value is -2.27. The van der Waals surface area contributed by atoms with Gasteiger partial charge in [0.05, 0.1) is 12.6 Å². The van der Waals surface area contributed by atoms with Crippen molar-refractivity contribution < 1.29 is 4.74 Å². The number of hydrogen-bond acceptors (Lipinski definition) is 4. The zero-order chi connectivity index (χ0) is 15.0. The Morgan fingerprint density at radius 3 is 2.41 bits per heavy atom. The monoisotopic (exact) mass is 318 g/mol. The highest BCUT2D eigenvalue weighted by Crippen LogP contribution is 2.29. The van der Waals surface area contributed by atoms with Gasteiger partial charge < -0.3 is 14.2 Å². The molecule has 0 aliphatic heterocycles. The van der Waals surface area contributed by atoms with E-state index in [0.717, 1.165) is 34.1 Å². The van der Waals surface area contributed by atoms with Gasteiger partial charge in [0, 0.05) is 26.0 Å². The van der Waals surface area contributed by atoms with Gasteiger partial charge in [0.1, 0.15) is 17.1 Å². The summed E-state index contributed by atoms with van der Waals surface area (Å²) in [4.78, 5) is 11.2. The standard InChI is InChI=1S/C16H18N4O.ClH/c1-11-17-14-9-10-19(2)15(14)16(18-11)20(3)12-5-7-13(21-4)8-6-12;/h5-10H,1-4H3;1H. The zero-order valence-electron chi connectivity index (χ0n) is 13.1. The Morgan fingerprint density at radius 1 is 1.09 bits per heavy atom. The fourth-order valence-corrected chi connectivity index (χ4v) is 2.45. The van der Waals surface area contributed by atoms with Gasteiger partial charge in [-0.2, -0.15) is 0 Å². The smallest absolute Gasteiger partial charge is 0.161 e. The molecule has 0 atom stereocenters. The lowest BCUT2D eigenvalue weighted by molar-refractivity contribution is 0.415. The third-order valence-electron chi connectivity index (χ3n) is 3.59. The SMILES string of the molecule is COc1ccc(N(C)c2nc(C)nc3ccn(C)c23)cc1.Cl. The average molecular weight is 319 g/mol. The molecular weight excluding hydrogens is 300 g/mol. The van der Waals surface area contributed by atoms with Crippen LogP contribution in [0.2, 0.25) is 0 Å². The second-order valence-corrected chi connectivity index (χ2v) is 5.01. The van der Waals surface area contributed by atoms with E-state index in [4.69, 9.17) is 4.74 Å². The van der Waals surface area contributed by atoms with Gasteiger partial charge in [-0.15, -0.1) is 12.4 Å². The lowest BCUT2D eigenvalue weighted by Crippen LogP contribution is -2.13. The van der Waals surface area contributed by atoms with Crippen LogP contribution in [0.15, 0.2) is 36.5 Å². The van der Waals surface area contributed by atoms with Gasteiger partial charge >= 0.3 is 0 Å². The number of methoxy groups -OCH3 is 1. The van der Waals surface area contributed by atoms with Crippen LogP contribution in [0.4, 0.5) is 11.5 Å². The van der Waals surface area contributed by atoms with Crippen molar-refractivity contribution in [3.05, 3.63) is 42.4 Å². The largest absolute Gasteiger partial charge is 0.497 e. The van der Waals surface area contributed by atoms with Gasteiger partial charge in [-0.25, -0.2) is 9.97 Å². The van der Waals surface area contributed by atoms with Crippen LogP contribution in [0.25, 0.3) is 11.0 Å². The molecule has 1 aromatic carbocycles. The summed E-state index contributed by atoms with van der Waals surface area (Å²) in [5, 5.41) is 0. The highest BCUT2D eigenvalue weighted by Gasteiger charge is 2.14. The van der Waals surface area contributed by atoms with Crippen LogP contribution in [0, 0.1) is 6.92 Å². The zero-order valence-corrected chi connectivity index (χ0v) is 13.9. The minimum Gasteiger partial charge on any atom is -0.497 e. The Bertz CT molecular complexity index is 783. The predicted molar refractivity (Wildman–Crippen MR) is 91.6 cm³/mol. The van der Waals surface area contributed by atoms with E-state index in [-0.39, 0.29) is 12.4 Å². The molecule has 0 radical (unpaired) electrons. The number of nitrogens with zero attached hydrogens (tertiary/aromatic N) is 4. The van der Waals surface area contributed by atoms with Crippen molar-refractivity contribution >= 4 is 34.9 Å². The van der Waals surface area contributed by atoms with Crippen molar-refractivity contribution in [2.24, 2.45) is 7.05 Å². The van der Waals surface area contributed by atoms with E-state index in [0.29, 0.717) is 0 Å². The van der Waals surface area contributed by atoms with Gasteiger partial charge in [-0.05, 0) is 37.3 Å². The molecule has 0 amide bonds. The maximum absolute atomic E-state index is 5.20. The number of rotatable bonds is 3. The van der Waals surface area contributed by atoms with E-state index in [1.807, 2.05) is 62.1 Å². The topological polar surface area (TPSA) is 43.2 Å². The molecule has 0 N–H and O–H groups in total. The quantitative estimate of drug-likeness (QED) is 0.741. The Kier molecular flexibility index (Phi) is 4.56. The number of anilines is 2. The fraction of sp³-hybridized carbons (Fsp3) is 0.250. The summed E-state index contributed by atoms with van der Waals surface area (Å²) in [6.45, 7) is 1.91. The summed E-state index contributed by atoms with van der Waals surface area (Å²) in [5.74, 6) is 2.51. The van der Waals surface area contributed by atoms with Crippen molar-refractivity contribution in [2.45, 2.75) is 6.92 Å². The molecule has 0 aliphatic carbocycles. The number of ether oxygens (including phenoxy) is 1. The third-order valence-corrected chi connectivity index (χ3v) is 3.59. The van der Waals surface area contributed by atoms with Gasteiger partial charge in [0.15, 0.2) is 5.82 Å². The highest BCUT2D eigenvalue weighted by atomic mass is 35.5. The second kappa shape index (κ2) is 6.23. The van der Waals surface area contributed by atoms with Crippen LogP contribution >= 0.6 is 12.4 Å². The Labute approximate surface area is 136 Å². The Balaban J connectivity index is 0.00000176. The van der Waals surface area contributed by atoms with Crippen molar-refractivity contribution in [2.75, 3.05) is 19.1 Å². The molecule has 0 spiro atoms. The van der Waals surface area contributed by atoms with E-state index >= 15 is 0 Å². The molecule has 0 aliphatic rings. The van der Waals surface area contributed by atoms with Gasteiger partial charge in [-0.1, -0.05) is 0 Å². The van der Waals surface area contributed by atoms with Gasteiger partial charge in [0.25, 0.3) is 0 Å². The van der Waals surface area contributed by atoms with Crippen molar-refractivity contribution in [3.8, 4) is 5.75 Å². The molecule has 3 aromatic rings. The first kappa shape index (κ1) is 16.1. The molecular formula is C16H19ClN4O. The highest BCUT2D eigenvalue weighted by molar-refractivity contribution is 5.89. The molecule has 0 unspecified atom stereocenters. The second-order valence-electron chi connectivity index (χ2n) is 5.01. The predicted octanol–water partition coefficient (Wildman–Crippen LogP) is 3.48. The lowest BCUT2D eigenvalue weighted by atomic mass is 10.2. The number of benzene rings is 1. The van der Waals surface area contributed by atoms with E-state index in [1.54, 1.807) is 7.11 Å². The molecule has 2 heterocycles. The Morgan fingerprint density at radius 2 is 1.77 bits per heavy atom. The van der Waals surface area contributed by atoms with Crippen LogP contribution < -0.4 is 9.64 Å². The number of halogens is 1. The fourth-order valence-electron chi connectivity index (χ4n) is 2.45. The van der Waals surface area contributed by atoms with Crippen molar-refractivity contribution in [1.29, 1.82) is 0 Å². The van der Waals surface area contributed by atoms with E-state index in [2.05, 4.69) is 14.9 Å². The molecule has 0 fully saturated rings. The summed E-state index contributed by atoms with van der Waals surface area (Å²) in [7, 11) is 5.68. The van der Waals surface area contributed by atoms with Gasteiger partial charge in [0.2, 0.25) is 0 Å². The maximum atomic E-state index is 5.20. The summed E-state index contributed by atoms with van der Waals surface area (Å²) < 4.78 is 7.25. The first-order valence-electron chi connectivity index (χ1n) is 6.77. The van der Waals surface area contributed by atoms with E-state index in [9.17, 15) is 0 Å². The number of fused-ring (bicyclic) bond motifs is 1. The van der Waals surface area contributed by atoms with Crippen LogP contribution in [0.1, 0.15) is 5.82 Å². The van der Waals surface area contributed by atoms with E-state index < -0.39 is 0 Å². The number of hydrogen-bond donors (Lipinski definition) is 0. The summed E-state index contributed by atoms with van der Waals surface area (Å²) in [6, 6.07) is 9.94. The molecule has 5 nitrogen and oxygen atoms in total. The normalized spacial score (nSPS) is 10.4. The summed E-state index contributed by atoms with van der Waals surface area (Å²) in [6.07, 6.45) is 2.00. The molecule has 116 valence electrons. The van der Waals surface area contributed by atoms with Gasteiger partial charge in [-0.3, -0.25) is 0 Å². The third kappa shape index (κ3) is 2.72. The molecule has 2 aromatic heterocycles. The first-order valence-corrected chi connectivity index (χ1v) is 6.77. The van der Waals surface area contributed by atoms with Crippen LogP contribution in [0.5, 0.6) is 5.75 Å². The lowest BCUT2D eigenvalue weighted by Gasteiger charge is -2.20. The molecule has 0 saturated heterocycles. The van der Waals surface area contributed by atoms with Crippen LogP contribution in [-0.4, -0.2) is 28.7 Å². The molecule has 0 bridgehead atoms. The van der Waals surface area contributed by atoms with Crippen molar-refractivity contribution in [1.82, 2.24) is 14.5 Å². The average Bonchev–Trinajstić information content (AvgIpc) is 2.87. The maximum Gasteiger partial charge on any atom is 0.161 e. The summed E-state index contributed by atoms with van der Waals surface area (Å²) >= 11 is 0. The minimum atomic E-state index is 0. The van der Waals surface area contributed by atoms with Crippen LogP contribution in [-0.2, 0) is 7.05 Å². The molecule has 22 heavy (non-hydrogen) atoms. The minimum absolute atomic E-state index is 0. The first-order chi connectivity index (χ1) is 10.1. The summed E-state index contributed by atoms with van der Waals surface area (Å²) in [5.41, 5.74) is 3.04. The van der Waals surface area contributed by atoms with Crippen LogP contribution in [0.3, 0.4) is 0 Å².